The normalized spacial score (nSPS) is 10.4. The molecule has 0 fully saturated rings. The fourth-order valence-electron chi connectivity index (χ4n) is 2.72. The summed E-state index contributed by atoms with van der Waals surface area (Å²) < 4.78 is 5.20. The second-order valence-electron chi connectivity index (χ2n) is 6.32. The fourth-order valence-corrected chi connectivity index (χ4v) is 3.56. The quantitative estimate of drug-likeness (QED) is 0.376. The van der Waals surface area contributed by atoms with Crippen molar-refractivity contribution in [3.8, 4) is 5.75 Å². The van der Waals surface area contributed by atoms with Gasteiger partial charge in [0.1, 0.15) is 5.75 Å². The molecule has 0 spiro atoms. The van der Waals surface area contributed by atoms with Crippen molar-refractivity contribution in [1.82, 2.24) is 9.97 Å². The number of carbonyl (C=O) groups is 2. The minimum absolute atomic E-state index is 0.121. The molecule has 0 aliphatic rings. The standard InChI is InChI=1S/C21H20N4O4S/c1-29-15-6-4-5-13(9-15)12-30-21-23-14(11-19(27)25-21)10-18(26)24-17-8-3-2-7-16(17)20(22)28/h2-9,11H,10,12H2,1H3,(H2,22,28)(H,24,26)(H,23,25,27). The molecule has 1 heterocycles. The number of carbonyl (C=O) groups excluding carboxylic acids is 2. The molecule has 0 atom stereocenters. The number of thioether (sulfide) groups is 1. The van der Waals surface area contributed by atoms with Gasteiger partial charge >= 0.3 is 0 Å². The zero-order valence-electron chi connectivity index (χ0n) is 16.2. The number of aromatic nitrogens is 2. The van der Waals surface area contributed by atoms with Crippen molar-refractivity contribution in [3.63, 3.8) is 0 Å². The lowest BCUT2D eigenvalue weighted by Gasteiger charge is -2.09. The zero-order chi connectivity index (χ0) is 21.5. The smallest absolute Gasteiger partial charge is 0.251 e. The third-order valence-corrected chi connectivity index (χ3v) is 5.04. The number of H-pyrrole nitrogens is 1. The first-order valence-corrected chi connectivity index (χ1v) is 9.98. The number of nitrogens with one attached hydrogen (secondary N) is 2. The number of aromatic amines is 1. The Morgan fingerprint density at radius 2 is 1.97 bits per heavy atom. The average Bonchev–Trinajstić information content (AvgIpc) is 2.72. The number of primary amides is 1. The van der Waals surface area contributed by atoms with Crippen LogP contribution in [0.3, 0.4) is 0 Å². The molecule has 2 amide bonds. The summed E-state index contributed by atoms with van der Waals surface area (Å²) in [5.41, 5.74) is 6.82. The van der Waals surface area contributed by atoms with E-state index in [2.05, 4.69) is 15.3 Å². The van der Waals surface area contributed by atoms with Crippen LogP contribution in [0.25, 0.3) is 0 Å². The minimum Gasteiger partial charge on any atom is -0.497 e. The third kappa shape index (κ3) is 5.71. The molecule has 8 nitrogen and oxygen atoms in total. The van der Waals surface area contributed by atoms with Crippen LogP contribution in [-0.4, -0.2) is 28.9 Å². The van der Waals surface area contributed by atoms with Gasteiger partial charge in [-0.05, 0) is 29.8 Å². The summed E-state index contributed by atoms with van der Waals surface area (Å²) in [4.78, 5) is 42.9. The number of rotatable bonds is 8. The maximum atomic E-state index is 12.4. The van der Waals surface area contributed by atoms with Gasteiger partial charge in [0.15, 0.2) is 5.16 Å². The molecule has 0 aliphatic heterocycles. The van der Waals surface area contributed by atoms with E-state index in [9.17, 15) is 14.4 Å². The number of methoxy groups -OCH3 is 1. The van der Waals surface area contributed by atoms with E-state index in [1.807, 2.05) is 24.3 Å². The summed E-state index contributed by atoms with van der Waals surface area (Å²) in [6, 6.07) is 15.3. The Labute approximate surface area is 176 Å². The van der Waals surface area contributed by atoms with Gasteiger partial charge in [0.25, 0.3) is 11.5 Å². The molecule has 0 unspecified atom stereocenters. The number of ether oxygens (including phenoxy) is 1. The number of nitrogens with zero attached hydrogens (tertiary/aromatic N) is 1. The lowest BCUT2D eigenvalue weighted by molar-refractivity contribution is -0.115. The van der Waals surface area contributed by atoms with Gasteiger partial charge in [-0.15, -0.1) is 0 Å². The summed E-state index contributed by atoms with van der Waals surface area (Å²) in [5.74, 6) is 0.264. The maximum Gasteiger partial charge on any atom is 0.251 e. The van der Waals surface area contributed by atoms with Crippen LogP contribution in [0, 0.1) is 0 Å². The Morgan fingerprint density at radius 3 is 2.73 bits per heavy atom. The molecule has 0 aliphatic carbocycles. The Bertz CT molecular complexity index is 1130. The molecule has 2 aromatic carbocycles. The van der Waals surface area contributed by atoms with E-state index >= 15 is 0 Å². The van der Waals surface area contributed by atoms with Crippen molar-refractivity contribution in [2.75, 3.05) is 12.4 Å². The van der Waals surface area contributed by atoms with Gasteiger partial charge in [0.2, 0.25) is 5.91 Å². The topological polar surface area (TPSA) is 127 Å². The van der Waals surface area contributed by atoms with Crippen molar-refractivity contribution in [3.05, 3.63) is 81.8 Å². The largest absolute Gasteiger partial charge is 0.497 e. The molecule has 4 N–H and O–H groups in total. The molecule has 1 aromatic heterocycles. The molecule has 0 saturated heterocycles. The molecule has 30 heavy (non-hydrogen) atoms. The summed E-state index contributed by atoms with van der Waals surface area (Å²) >= 11 is 1.34. The lowest BCUT2D eigenvalue weighted by atomic mass is 10.1. The Hall–Kier alpha value is -3.59. The molecule has 3 rings (SSSR count). The van der Waals surface area contributed by atoms with Crippen molar-refractivity contribution in [2.24, 2.45) is 5.73 Å². The van der Waals surface area contributed by atoms with E-state index in [-0.39, 0.29) is 17.5 Å². The maximum absolute atomic E-state index is 12.4. The zero-order valence-corrected chi connectivity index (χ0v) is 17.0. The Morgan fingerprint density at radius 1 is 1.17 bits per heavy atom. The van der Waals surface area contributed by atoms with Gasteiger partial charge in [0.05, 0.1) is 30.5 Å². The van der Waals surface area contributed by atoms with Gasteiger partial charge in [-0.25, -0.2) is 4.98 Å². The van der Waals surface area contributed by atoms with E-state index in [1.54, 1.807) is 25.3 Å². The van der Waals surface area contributed by atoms with Gasteiger partial charge in [0, 0.05) is 11.8 Å². The second kappa shape index (κ2) is 9.75. The Kier molecular flexibility index (Phi) is 6.87. The first-order valence-electron chi connectivity index (χ1n) is 8.99. The highest BCUT2D eigenvalue weighted by molar-refractivity contribution is 7.98. The van der Waals surface area contributed by atoms with E-state index in [4.69, 9.17) is 10.5 Å². The third-order valence-electron chi connectivity index (χ3n) is 4.09. The fraction of sp³-hybridized carbons (Fsp3) is 0.143. The van der Waals surface area contributed by atoms with Gasteiger partial charge in [-0.3, -0.25) is 14.4 Å². The van der Waals surface area contributed by atoms with Crippen molar-refractivity contribution in [2.45, 2.75) is 17.3 Å². The molecule has 154 valence electrons. The van der Waals surface area contributed by atoms with Crippen molar-refractivity contribution < 1.29 is 14.3 Å². The first-order chi connectivity index (χ1) is 14.4. The number of hydrogen-bond donors (Lipinski definition) is 3. The second-order valence-corrected chi connectivity index (χ2v) is 7.28. The monoisotopic (exact) mass is 424 g/mol. The van der Waals surface area contributed by atoms with Crippen LogP contribution in [0.15, 0.2) is 64.5 Å². The SMILES string of the molecule is COc1cccc(CSc2nc(CC(=O)Nc3ccccc3C(N)=O)cc(=O)[nH]2)c1. The summed E-state index contributed by atoms with van der Waals surface area (Å²) in [6.45, 7) is 0. The lowest BCUT2D eigenvalue weighted by Crippen LogP contribution is -2.21. The number of para-hydroxylation sites is 1. The number of benzene rings is 2. The number of anilines is 1. The average molecular weight is 424 g/mol. The minimum atomic E-state index is -0.642. The van der Waals surface area contributed by atoms with Crippen LogP contribution in [0.2, 0.25) is 0 Å². The number of nitrogens with two attached hydrogens (primary N) is 1. The summed E-state index contributed by atoms with van der Waals surface area (Å²) in [7, 11) is 1.60. The molecule has 0 saturated carbocycles. The van der Waals surface area contributed by atoms with Crippen molar-refractivity contribution >= 4 is 29.3 Å². The van der Waals surface area contributed by atoms with E-state index < -0.39 is 11.8 Å². The van der Waals surface area contributed by atoms with E-state index in [1.165, 1.54) is 23.9 Å². The van der Waals surface area contributed by atoms with Crippen LogP contribution in [0.5, 0.6) is 5.75 Å². The molecule has 9 heteroatoms. The van der Waals surface area contributed by atoms with Crippen LogP contribution >= 0.6 is 11.8 Å². The number of hydrogen-bond acceptors (Lipinski definition) is 6. The highest BCUT2D eigenvalue weighted by Crippen LogP contribution is 2.21. The highest BCUT2D eigenvalue weighted by Gasteiger charge is 2.12. The summed E-state index contributed by atoms with van der Waals surface area (Å²) in [5, 5.41) is 3.05. The molecule has 0 radical (unpaired) electrons. The molecular formula is C21H20N4O4S. The Balaban J connectivity index is 1.68. The first kappa shape index (κ1) is 21.1. The van der Waals surface area contributed by atoms with Crippen LogP contribution in [0.1, 0.15) is 21.6 Å². The van der Waals surface area contributed by atoms with Crippen LogP contribution in [0.4, 0.5) is 5.69 Å². The van der Waals surface area contributed by atoms with E-state index in [0.717, 1.165) is 11.3 Å². The van der Waals surface area contributed by atoms with Gasteiger partial charge < -0.3 is 20.8 Å². The summed E-state index contributed by atoms with van der Waals surface area (Å²) in [6.07, 6.45) is -0.121. The van der Waals surface area contributed by atoms with Gasteiger partial charge in [-0.2, -0.15) is 0 Å². The number of amides is 2. The van der Waals surface area contributed by atoms with E-state index in [0.29, 0.717) is 22.3 Å². The predicted octanol–water partition coefficient (Wildman–Crippen LogP) is 2.35. The van der Waals surface area contributed by atoms with Crippen LogP contribution < -0.4 is 21.3 Å². The van der Waals surface area contributed by atoms with Gasteiger partial charge in [-0.1, -0.05) is 36.0 Å². The predicted molar refractivity (Wildman–Crippen MR) is 115 cm³/mol. The molecule has 0 bridgehead atoms. The molecular weight excluding hydrogens is 404 g/mol. The van der Waals surface area contributed by atoms with Crippen LogP contribution in [-0.2, 0) is 17.0 Å². The molecule has 3 aromatic rings. The van der Waals surface area contributed by atoms with Crippen molar-refractivity contribution in [1.29, 1.82) is 0 Å². The highest BCUT2D eigenvalue weighted by atomic mass is 32.2.